The fourth-order valence-corrected chi connectivity index (χ4v) is 2.77. The van der Waals surface area contributed by atoms with E-state index in [-0.39, 0.29) is 11.2 Å². The Labute approximate surface area is 148 Å². The van der Waals surface area contributed by atoms with Crippen LogP contribution in [0.2, 0.25) is 0 Å². The first kappa shape index (κ1) is 19.9. The molecule has 2 N–H and O–H groups in total. The van der Waals surface area contributed by atoms with Gasteiger partial charge in [0.15, 0.2) is 0 Å². The molecular weight excluding hydrogens is 354 g/mol. The second kappa shape index (κ2) is 6.72. The van der Waals surface area contributed by atoms with E-state index in [9.17, 15) is 23.3 Å². The van der Waals surface area contributed by atoms with Crippen LogP contribution in [0, 0.1) is 0 Å². The molecule has 0 saturated carbocycles. The maximum Gasteiger partial charge on any atom is 0.512 e. The van der Waals surface area contributed by atoms with Crippen LogP contribution in [-0.4, -0.2) is 33.4 Å². The van der Waals surface area contributed by atoms with E-state index in [1.54, 1.807) is 13.8 Å². The molecule has 2 aromatic rings. The van der Waals surface area contributed by atoms with E-state index in [0.29, 0.717) is 4.88 Å². The van der Waals surface area contributed by atoms with Crippen LogP contribution >= 0.6 is 11.3 Å². The molecule has 0 radical (unpaired) electrons. The van der Waals surface area contributed by atoms with E-state index in [2.05, 4.69) is 4.98 Å². The second-order valence-corrected chi connectivity index (χ2v) is 7.54. The van der Waals surface area contributed by atoms with Crippen LogP contribution in [0.5, 0.6) is 0 Å². The van der Waals surface area contributed by atoms with Crippen molar-refractivity contribution in [1.82, 2.24) is 4.98 Å². The largest absolute Gasteiger partial charge is 0.512 e. The van der Waals surface area contributed by atoms with Gasteiger partial charge in [-0.2, -0.15) is 13.2 Å². The lowest BCUT2D eigenvalue weighted by Crippen LogP contribution is -2.53. The molecule has 4 nitrogen and oxygen atoms in total. The summed E-state index contributed by atoms with van der Waals surface area (Å²) >= 11 is 1.10. The summed E-state index contributed by atoms with van der Waals surface area (Å²) in [7, 11) is -1.49. The average Bonchev–Trinajstić information content (AvgIpc) is 2.94. The van der Waals surface area contributed by atoms with Gasteiger partial charge in [-0.3, -0.25) is 4.98 Å². The minimum Gasteiger partial charge on any atom is -0.422 e. The monoisotopic (exact) mass is 373 g/mol. The summed E-state index contributed by atoms with van der Waals surface area (Å²) in [6.45, 7) is 6.28. The zero-order valence-corrected chi connectivity index (χ0v) is 15.1. The van der Waals surface area contributed by atoms with Crippen molar-refractivity contribution in [2.24, 2.45) is 0 Å². The van der Waals surface area contributed by atoms with Crippen LogP contribution in [0.4, 0.5) is 13.2 Å². The second-order valence-electron chi connectivity index (χ2n) is 6.68. The third-order valence-corrected chi connectivity index (χ3v) is 5.05. The van der Waals surface area contributed by atoms with Gasteiger partial charge in [0.25, 0.3) is 0 Å². The Morgan fingerprint density at radius 1 is 1.16 bits per heavy atom. The molecule has 0 unspecified atom stereocenters. The number of hydrogen-bond donors (Lipinski definition) is 2. The van der Waals surface area contributed by atoms with Crippen molar-refractivity contribution < 1.29 is 28.0 Å². The zero-order valence-electron chi connectivity index (χ0n) is 14.3. The van der Waals surface area contributed by atoms with E-state index in [0.717, 1.165) is 23.5 Å². The van der Waals surface area contributed by atoms with Crippen molar-refractivity contribution in [2.75, 3.05) is 0 Å². The highest BCUT2D eigenvalue weighted by Gasteiger charge is 2.41. The number of aromatic nitrogens is 1. The van der Waals surface area contributed by atoms with Crippen molar-refractivity contribution in [3.8, 4) is 10.4 Å². The highest BCUT2D eigenvalue weighted by Crippen LogP contribution is 2.33. The van der Waals surface area contributed by atoms with Gasteiger partial charge in [0.2, 0.25) is 0 Å². The van der Waals surface area contributed by atoms with Crippen LogP contribution < -0.4 is 5.59 Å². The average molecular weight is 373 g/mol. The quantitative estimate of drug-likeness (QED) is 0.791. The maximum atomic E-state index is 12.9. The molecule has 0 aliphatic heterocycles. The topological polar surface area (TPSA) is 62.6 Å². The normalized spacial score (nSPS) is 13.2. The number of thiazole rings is 1. The standard InChI is InChI=1S/C16H19BF3NO3S/c1-14(2,22)15(3,4)24-17(23)13-12(25-9-21-13)10-6-5-7-11(8-10)16(18,19)20/h5-9,22-23H,1-4H3. The predicted molar refractivity (Wildman–Crippen MR) is 91.6 cm³/mol. The maximum absolute atomic E-state index is 12.9. The van der Waals surface area contributed by atoms with E-state index in [4.69, 9.17) is 4.65 Å². The minimum absolute atomic E-state index is 0.113. The van der Waals surface area contributed by atoms with E-state index >= 15 is 0 Å². The molecule has 2 rings (SSSR count). The molecule has 0 aliphatic rings. The number of aliphatic hydroxyl groups is 1. The summed E-state index contributed by atoms with van der Waals surface area (Å²) in [6, 6.07) is 4.80. The highest BCUT2D eigenvalue weighted by atomic mass is 32.1. The molecule has 0 bridgehead atoms. The molecular formula is C16H19BF3NO3S. The summed E-state index contributed by atoms with van der Waals surface area (Å²) < 4.78 is 44.3. The number of nitrogens with zero attached hydrogens (tertiary/aromatic N) is 1. The lowest BCUT2D eigenvalue weighted by molar-refractivity contribution is -0.137. The Morgan fingerprint density at radius 2 is 1.80 bits per heavy atom. The fourth-order valence-electron chi connectivity index (χ4n) is 1.96. The molecule has 0 saturated heterocycles. The molecule has 1 aromatic heterocycles. The van der Waals surface area contributed by atoms with Crippen LogP contribution in [0.25, 0.3) is 10.4 Å². The fraction of sp³-hybridized carbons (Fsp3) is 0.438. The van der Waals surface area contributed by atoms with Crippen molar-refractivity contribution in [2.45, 2.75) is 45.1 Å². The number of benzene rings is 1. The van der Waals surface area contributed by atoms with Crippen LogP contribution in [0.1, 0.15) is 33.3 Å². The highest BCUT2D eigenvalue weighted by molar-refractivity contribution is 7.14. The SMILES string of the molecule is CC(C)(O)C(C)(C)OB(O)c1ncsc1-c1cccc(C(F)(F)F)c1. The molecule has 1 heterocycles. The number of rotatable bonds is 5. The van der Waals surface area contributed by atoms with Gasteiger partial charge in [0.05, 0.1) is 32.7 Å². The Kier molecular flexibility index (Phi) is 5.35. The van der Waals surface area contributed by atoms with Gasteiger partial charge in [-0.05, 0) is 45.4 Å². The number of halogens is 3. The minimum atomic E-state index is -4.46. The van der Waals surface area contributed by atoms with Gasteiger partial charge in [-0.25, -0.2) is 0 Å². The summed E-state index contributed by atoms with van der Waals surface area (Å²) in [4.78, 5) is 4.41. The molecule has 0 aliphatic carbocycles. The smallest absolute Gasteiger partial charge is 0.422 e. The predicted octanol–water partition coefficient (Wildman–Crippen LogP) is 3.08. The molecule has 0 fully saturated rings. The van der Waals surface area contributed by atoms with E-state index in [1.165, 1.54) is 31.5 Å². The van der Waals surface area contributed by atoms with Gasteiger partial charge in [0.1, 0.15) is 0 Å². The lowest BCUT2D eigenvalue weighted by atomic mass is 9.79. The van der Waals surface area contributed by atoms with Gasteiger partial charge in [-0.15, -0.1) is 11.3 Å². The van der Waals surface area contributed by atoms with Crippen molar-refractivity contribution >= 4 is 24.0 Å². The first-order valence-corrected chi connectivity index (χ1v) is 8.40. The Bertz CT molecular complexity index is 741. The van der Waals surface area contributed by atoms with Crippen molar-refractivity contribution in [3.05, 3.63) is 35.3 Å². The van der Waals surface area contributed by atoms with E-state index < -0.39 is 30.1 Å². The Hall–Kier alpha value is -1.42. The van der Waals surface area contributed by atoms with Gasteiger partial charge >= 0.3 is 13.3 Å². The molecule has 9 heteroatoms. The summed E-state index contributed by atoms with van der Waals surface area (Å²) in [5.41, 5.74) is -1.31. The number of hydrogen-bond acceptors (Lipinski definition) is 5. The Morgan fingerprint density at radius 3 is 2.36 bits per heavy atom. The molecule has 0 spiro atoms. The van der Waals surface area contributed by atoms with Gasteiger partial charge < -0.3 is 14.8 Å². The Balaban J connectivity index is 2.35. The van der Waals surface area contributed by atoms with Crippen molar-refractivity contribution in [1.29, 1.82) is 0 Å². The van der Waals surface area contributed by atoms with Crippen LogP contribution in [0.15, 0.2) is 29.8 Å². The van der Waals surface area contributed by atoms with Crippen LogP contribution in [-0.2, 0) is 10.8 Å². The first-order chi connectivity index (χ1) is 11.3. The number of alkyl halides is 3. The zero-order chi connectivity index (χ0) is 19.0. The van der Waals surface area contributed by atoms with Crippen LogP contribution in [0.3, 0.4) is 0 Å². The summed E-state index contributed by atoms with van der Waals surface area (Å²) in [5, 5.41) is 20.5. The third-order valence-electron chi connectivity index (χ3n) is 4.16. The van der Waals surface area contributed by atoms with E-state index in [1.807, 2.05) is 0 Å². The summed E-state index contributed by atoms with van der Waals surface area (Å²) in [6.07, 6.45) is -4.46. The first-order valence-electron chi connectivity index (χ1n) is 7.52. The molecule has 0 atom stereocenters. The third kappa shape index (κ3) is 4.41. The molecule has 25 heavy (non-hydrogen) atoms. The molecule has 136 valence electrons. The lowest BCUT2D eigenvalue weighted by Gasteiger charge is -2.38. The van der Waals surface area contributed by atoms with Gasteiger partial charge in [0, 0.05) is 0 Å². The van der Waals surface area contributed by atoms with Gasteiger partial charge in [-0.1, -0.05) is 12.1 Å². The molecule has 1 aromatic carbocycles. The molecule has 0 amide bonds. The summed E-state index contributed by atoms with van der Waals surface area (Å²) in [5.74, 6) is 0. The van der Waals surface area contributed by atoms with Crippen molar-refractivity contribution in [3.63, 3.8) is 0 Å².